The van der Waals surface area contributed by atoms with E-state index >= 15 is 0 Å². The number of hydrogen-bond acceptors (Lipinski definition) is 1. The minimum atomic E-state index is 1.06. The second kappa shape index (κ2) is 5.67. The fourth-order valence-corrected chi connectivity index (χ4v) is 4.09. The first-order chi connectivity index (χ1) is 12.7. The number of rotatable bonds is 1. The van der Waals surface area contributed by atoms with Crippen LogP contribution in [-0.2, 0) is 0 Å². The molecule has 1 heteroatoms. The molecule has 0 aliphatic heterocycles. The Morgan fingerprint density at radius 3 is 2.08 bits per heavy atom. The molecule has 4 aromatic carbocycles. The minimum Gasteiger partial charge on any atom is -0.256 e. The van der Waals surface area contributed by atoms with Crippen molar-refractivity contribution in [2.45, 2.75) is 13.8 Å². The molecule has 0 saturated carbocycles. The Hall–Kier alpha value is -3.19. The summed E-state index contributed by atoms with van der Waals surface area (Å²) in [7, 11) is 0. The second-order valence-corrected chi connectivity index (χ2v) is 7.08. The molecule has 0 N–H and O–H groups in total. The smallest absolute Gasteiger partial charge is 0.0780 e. The molecule has 124 valence electrons. The van der Waals surface area contributed by atoms with Gasteiger partial charge in [0, 0.05) is 17.1 Å². The Morgan fingerprint density at radius 2 is 1.23 bits per heavy atom. The van der Waals surface area contributed by atoms with Crippen molar-refractivity contribution in [3.63, 3.8) is 0 Å². The van der Waals surface area contributed by atoms with E-state index in [0.29, 0.717) is 0 Å². The molecule has 0 unspecified atom stereocenters. The largest absolute Gasteiger partial charge is 0.256 e. The molecule has 0 aliphatic rings. The van der Waals surface area contributed by atoms with Crippen LogP contribution in [0.2, 0.25) is 0 Å². The van der Waals surface area contributed by atoms with Gasteiger partial charge in [-0.15, -0.1) is 0 Å². The quantitative estimate of drug-likeness (QED) is 0.306. The topological polar surface area (TPSA) is 12.9 Å². The molecule has 1 heterocycles. The van der Waals surface area contributed by atoms with Crippen molar-refractivity contribution in [2.24, 2.45) is 0 Å². The normalized spacial score (nSPS) is 11.5. The highest BCUT2D eigenvalue weighted by Crippen LogP contribution is 2.35. The average Bonchev–Trinajstić information content (AvgIpc) is 2.66. The van der Waals surface area contributed by atoms with Crippen molar-refractivity contribution in [1.82, 2.24) is 4.98 Å². The molecule has 0 atom stereocenters. The molecule has 0 bridgehead atoms. The molecule has 0 aliphatic carbocycles. The Morgan fingerprint density at radius 1 is 0.577 bits per heavy atom. The van der Waals surface area contributed by atoms with E-state index < -0.39 is 0 Å². The molecule has 5 aromatic rings. The number of nitrogens with zero attached hydrogens (tertiary/aromatic N) is 1. The molecule has 0 spiro atoms. The van der Waals surface area contributed by atoms with Gasteiger partial charge in [0.25, 0.3) is 0 Å². The molecule has 0 amide bonds. The fourth-order valence-electron chi connectivity index (χ4n) is 4.09. The summed E-state index contributed by atoms with van der Waals surface area (Å²) in [5, 5.41) is 7.64. The maximum Gasteiger partial charge on any atom is 0.0780 e. The first kappa shape index (κ1) is 15.1. The van der Waals surface area contributed by atoms with Crippen LogP contribution in [0.4, 0.5) is 0 Å². The van der Waals surface area contributed by atoms with E-state index in [1.165, 1.54) is 49.0 Å². The maximum atomic E-state index is 4.73. The van der Waals surface area contributed by atoms with Crippen molar-refractivity contribution in [1.29, 1.82) is 0 Å². The van der Waals surface area contributed by atoms with Crippen LogP contribution >= 0.6 is 0 Å². The Kier molecular flexibility index (Phi) is 3.29. The van der Waals surface area contributed by atoms with Crippen LogP contribution in [0.3, 0.4) is 0 Å². The van der Waals surface area contributed by atoms with Crippen LogP contribution < -0.4 is 0 Å². The fraction of sp³-hybridized carbons (Fsp3) is 0.0800. The number of aromatic nitrogens is 1. The monoisotopic (exact) mass is 333 g/mol. The zero-order valence-corrected chi connectivity index (χ0v) is 15.0. The highest BCUT2D eigenvalue weighted by atomic mass is 14.7. The second-order valence-electron chi connectivity index (χ2n) is 7.08. The van der Waals surface area contributed by atoms with Gasteiger partial charge in [0.1, 0.15) is 0 Å². The van der Waals surface area contributed by atoms with Crippen LogP contribution in [-0.4, -0.2) is 4.98 Å². The molecule has 5 rings (SSSR count). The molecule has 26 heavy (non-hydrogen) atoms. The lowest BCUT2D eigenvalue weighted by Gasteiger charge is -2.11. The van der Waals surface area contributed by atoms with E-state index in [0.717, 1.165) is 5.69 Å². The number of hydrogen-bond donors (Lipinski definition) is 0. The maximum absolute atomic E-state index is 4.73. The van der Waals surface area contributed by atoms with Gasteiger partial charge in [-0.25, -0.2) is 0 Å². The van der Waals surface area contributed by atoms with Gasteiger partial charge in [0.2, 0.25) is 0 Å². The summed E-state index contributed by atoms with van der Waals surface area (Å²) in [6.45, 7) is 4.28. The predicted molar refractivity (Wildman–Crippen MR) is 112 cm³/mol. The number of aryl methyl sites for hydroxylation is 2. The van der Waals surface area contributed by atoms with Gasteiger partial charge in [-0.2, -0.15) is 0 Å². The summed E-state index contributed by atoms with van der Waals surface area (Å²) < 4.78 is 0. The molecule has 1 nitrogen and oxygen atoms in total. The SMILES string of the molecule is Cc1cc(C)cc(-c2nccc3c2ccc2c4ccccc4ccc32)c1. The summed E-state index contributed by atoms with van der Waals surface area (Å²) in [6, 6.07) is 26.3. The number of fused-ring (bicyclic) bond motifs is 5. The van der Waals surface area contributed by atoms with Gasteiger partial charge in [0.05, 0.1) is 5.69 Å². The van der Waals surface area contributed by atoms with E-state index in [1.807, 2.05) is 6.20 Å². The van der Waals surface area contributed by atoms with Gasteiger partial charge in [-0.3, -0.25) is 4.98 Å². The Bertz CT molecular complexity index is 1280. The van der Waals surface area contributed by atoms with Crippen LogP contribution in [0.5, 0.6) is 0 Å². The summed E-state index contributed by atoms with van der Waals surface area (Å²) in [6.07, 6.45) is 1.93. The molecule has 0 radical (unpaired) electrons. The van der Waals surface area contributed by atoms with E-state index in [1.54, 1.807) is 0 Å². The lowest BCUT2D eigenvalue weighted by atomic mass is 9.95. The lowest BCUT2D eigenvalue weighted by Crippen LogP contribution is -1.89. The summed E-state index contributed by atoms with van der Waals surface area (Å²) in [5.41, 5.74) is 4.79. The molecular formula is C25H19N. The third kappa shape index (κ3) is 2.28. The molecular weight excluding hydrogens is 314 g/mol. The number of benzene rings is 4. The Labute approximate surface area is 152 Å². The van der Waals surface area contributed by atoms with Crippen LogP contribution in [0.15, 0.2) is 79.0 Å². The van der Waals surface area contributed by atoms with Crippen molar-refractivity contribution < 1.29 is 0 Å². The predicted octanol–water partition coefficient (Wildman–Crippen LogP) is 6.83. The van der Waals surface area contributed by atoms with Gasteiger partial charge in [-0.05, 0) is 59.0 Å². The van der Waals surface area contributed by atoms with E-state index in [4.69, 9.17) is 4.98 Å². The highest BCUT2D eigenvalue weighted by molar-refractivity contribution is 6.18. The van der Waals surface area contributed by atoms with Crippen molar-refractivity contribution >= 4 is 32.3 Å². The standard InChI is InChI=1S/C25H19N/c1-16-13-17(2)15-19(14-16)25-24-10-9-21-20-6-4-3-5-18(20)7-8-22(21)23(24)11-12-26-25/h3-15H,1-2H3. The van der Waals surface area contributed by atoms with E-state index in [9.17, 15) is 0 Å². The third-order valence-corrected chi connectivity index (χ3v) is 5.16. The van der Waals surface area contributed by atoms with Gasteiger partial charge in [0.15, 0.2) is 0 Å². The van der Waals surface area contributed by atoms with Crippen molar-refractivity contribution in [2.75, 3.05) is 0 Å². The van der Waals surface area contributed by atoms with E-state index in [-0.39, 0.29) is 0 Å². The minimum absolute atomic E-state index is 1.06. The molecule has 1 aromatic heterocycles. The summed E-state index contributed by atoms with van der Waals surface area (Å²) >= 11 is 0. The molecule has 0 fully saturated rings. The first-order valence-electron chi connectivity index (χ1n) is 8.98. The summed E-state index contributed by atoms with van der Waals surface area (Å²) in [5.74, 6) is 0. The molecule has 0 saturated heterocycles. The zero-order valence-electron chi connectivity index (χ0n) is 15.0. The van der Waals surface area contributed by atoms with Crippen molar-refractivity contribution in [3.05, 3.63) is 90.1 Å². The van der Waals surface area contributed by atoms with Crippen LogP contribution in [0.1, 0.15) is 11.1 Å². The average molecular weight is 333 g/mol. The first-order valence-corrected chi connectivity index (χ1v) is 8.98. The third-order valence-electron chi connectivity index (χ3n) is 5.16. The van der Waals surface area contributed by atoms with E-state index in [2.05, 4.69) is 86.6 Å². The highest BCUT2D eigenvalue weighted by Gasteiger charge is 2.10. The van der Waals surface area contributed by atoms with Crippen LogP contribution in [0, 0.1) is 13.8 Å². The number of pyridine rings is 1. The Balaban J connectivity index is 1.88. The van der Waals surface area contributed by atoms with Gasteiger partial charge in [-0.1, -0.05) is 65.7 Å². The van der Waals surface area contributed by atoms with Gasteiger partial charge < -0.3 is 0 Å². The van der Waals surface area contributed by atoms with Crippen molar-refractivity contribution in [3.8, 4) is 11.3 Å². The van der Waals surface area contributed by atoms with Crippen LogP contribution in [0.25, 0.3) is 43.6 Å². The zero-order chi connectivity index (χ0) is 17.7. The lowest BCUT2D eigenvalue weighted by molar-refractivity contribution is 1.33. The summed E-state index contributed by atoms with van der Waals surface area (Å²) in [4.78, 5) is 4.73. The van der Waals surface area contributed by atoms with Gasteiger partial charge >= 0.3 is 0 Å².